The molecule has 2 aromatic rings. The summed E-state index contributed by atoms with van der Waals surface area (Å²) in [5.74, 6) is -0.412. The summed E-state index contributed by atoms with van der Waals surface area (Å²) in [6.45, 7) is 0.226. The summed E-state index contributed by atoms with van der Waals surface area (Å²) >= 11 is 5.65. The van der Waals surface area contributed by atoms with Crippen molar-refractivity contribution in [2.24, 2.45) is 0 Å². The molecule has 0 bridgehead atoms. The highest BCUT2D eigenvalue weighted by Crippen LogP contribution is 2.19. The van der Waals surface area contributed by atoms with Gasteiger partial charge in [-0.2, -0.15) is 0 Å². The Balaban J connectivity index is 2.10. The van der Waals surface area contributed by atoms with Gasteiger partial charge in [0.2, 0.25) is 0 Å². The van der Waals surface area contributed by atoms with Gasteiger partial charge in [-0.3, -0.25) is 10.1 Å². The molecule has 0 heterocycles. The second kappa shape index (κ2) is 5.67. The van der Waals surface area contributed by atoms with E-state index in [1.165, 1.54) is 18.2 Å². The number of benzene rings is 2. The molecule has 0 saturated carbocycles. The van der Waals surface area contributed by atoms with Gasteiger partial charge in [-0.25, -0.2) is 4.39 Å². The average molecular weight is 281 g/mol. The molecule has 1 N–H and O–H groups in total. The fourth-order valence-corrected chi connectivity index (χ4v) is 1.75. The van der Waals surface area contributed by atoms with E-state index in [2.05, 4.69) is 5.32 Å². The number of nitro benzene ring substituents is 1. The number of nitrogens with zero attached hydrogens (tertiary/aromatic N) is 1. The lowest BCUT2D eigenvalue weighted by molar-refractivity contribution is -0.384. The van der Waals surface area contributed by atoms with Crippen molar-refractivity contribution >= 4 is 23.0 Å². The van der Waals surface area contributed by atoms with Crippen LogP contribution in [0.15, 0.2) is 42.5 Å². The summed E-state index contributed by atoms with van der Waals surface area (Å²) in [6.07, 6.45) is 0. The zero-order valence-electron chi connectivity index (χ0n) is 9.77. The summed E-state index contributed by atoms with van der Waals surface area (Å²) in [7, 11) is 0. The topological polar surface area (TPSA) is 55.2 Å². The molecule has 0 spiro atoms. The summed E-state index contributed by atoms with van der Waals surface area (Å²) in [5, 5.41) is 13.9. The van der Waals surface area contributed by atoms with Crippen molar-refractivity contribution in [2.75, 3.05) is 5.32 Å². The van der Waals surface area contributed by atoms with Gasteiger partial charge in [0.1, 0.15) is 5.82 Å². The number of hydrogen-bond acceptors (Lipinski definition) is 3. The SMILES string of the molecule is O=[N+]([O-])c1cccc(NCc2ccc(Cl)cc2F)c1. The van der Waals surface area contributed by atoms with E-state index in [1.807, 2.05) is 0 Å². The number of rotatable bonds is 4. The smallest absolute Gasteiger partial charge is 0.271 e. The minimum Gasteiger partial charge on any atom is -0.381 e. The van der Waals surface area contributed by atoms with E-state index < -0.39 is 10.7 Å². The Morgan fingerprint density at radius 2 is 2.05 bits per heavy atom. The first-order chi connectivity index (χ1) is 9.06. The molecule has 4 nitrogen and oxygen atoms in total. The van der Waals surface area contributed by atoms with Crippen molar-refractivity contribution in [1.29, 1.82) is 0 Å². The summed E-state index contributed by atoms with van der Waals surface area (Å²) in [4.78, 5) is 10.1. The third kappa shape index (κ3) is 3.42. The molecule has 0 amide bonds. The van der Waals surface area contributed by atoms with Crippen LogP contribution < -0.4 is 5.32 Å². The van der Waals surface area contributed by atoms with Crippen molar-refractivity contribution in [3.05, 3.63) is 69.0 Å². The van der Waals surface area contributed by atoms with Crippen LogP contribution in [-0.4, -0.2) is 4.92 Å². The molecule has 98 valence electrons. The second-order valence-electron chi connectivity index (χ2n) is 3.90. The molecule has 0 saturated heterocycles. The number of hydrogen-bond donors (Lipinski definition) is 1. The Morgan fingerprint density at radius 1 is 1.26 bits per heavy atom. The second-order valence-corrected chi connectivity index (χ2v) is 4.33. The molecule has 0 radical (unpaired) electrons. The van der Waals surface area contributed by atoms with Crippen LogP contribution in [0.4, 0.5) is 15.8 Å². The van der Waals surface area contributed by atoms with Gasteiger partial charge in [-0.05, 0) is 18.2 Å². The largest absolute Gasteiger partial charge is 0.381 e. The third-order valence-electron chi connectivity index (χ3n) is 2.56. The molecule has 2 rings (SSSR count). The number of anilines is 1. The lowest BCUT2D eigenvalue weighted by Crippen LogP contribution is -2.02. The molecular weight excluding hydrogens is 271 g/mol. The monoisotopic (exact) mass is 280 g/mol. The minimum absolute atomic E-state index is 0.0124. The molecule has 0 aliphatic heterocycles. The normalized spacial score (nSPS) is 10.2. The highest BCUT2D eigenvalue weighted by atomic mass is 35.5. The van der Waals surface area contributed by atoms with E-state index in [-0.39, 0.29) is 12.2 Å². The maximum Gasteiger partial charge on any atom is 0.271 e. The van der Waals surface area contributed by atoms with Crippen LogP contribution in [0.25, 0.3) is 0 Å². The van der Waals surface area contributed by atoms with Gasteiger partial charge < -0.3 is 5.32 Å². The fourth-order valence-electron chi connectivity index (χ4n) is 1.59. The lowest BCUT2D eigenvalue weighted by atomic mass is 10.2. The maximum absolute atomic E-state index is 13.5. The number of halogens is 2. The van der Waals surface area contributed by atoms with Crippen LogP contribution >= 0.6 is 11.6 Å². The van der Waals surface area contributed by atoms with Crippen LogP contribution in [0.5, 0.6) is 0 Å². The van der Waals surface area contributed by atoms with Gasteiger partial charge in [0.25, 0.3) is 5.69 Å². The molecule has 0 aromatic heterocycles. The fraction of sp³-hybridized carbons (Fsp3) is 0.0769. The quantitative estimate of drug-likeness (QED) is 0.680. The number of nitro groups is 1. The number of non-ortho nitro benzene ring substituents is 1. The van der Waals surface area contributed by atoms with Crippen LogP contribution in [0.3, 0.4) is 0 Å². The van der Waals surface area contributed by atoms with E-state index in [0.29, 0.717) is 16.3 Å². The number of nitrogens with one attached hydrogen (secondary N) is 1. The molecule has 0 atom stereocenters. The summed E-state index contributed by atoms with van der Waals surface area (Å²) in [5.41, 5.74) is 0.987. The van der Waals surface area contributed by atoms with Gasteiger partial charge >= 0.3 is 0 Å². The van der Waals surface area contributed by atoms with Crippen molar-refractivity contribution in [1.82, 2.24) is 0 Å². The van der Waals surface area contributed by atoms with Gasteiger partial charge in [-0.1, -0.05) is 23.7 Å². The van der Waals surface area contributed by atoms with Crippen molar-refractivity contribution < 1.29 is 9.31 Å². The molecule has 0 unspecified atom stereocenters. The Morgan fingerprint density at radius 3 is 2.74 bits per heavy atom. The van der Waals surface area contributed by atoms with Crippen LogP contribution in [0.2, 0.25) is 5.02 Å². The Hall–Kier alpha value is -2.14. The van der Waals surface area contributed by atoms with E-state index in [0.717, 1.165) is 0 Å². The highest BCUT2D eigenvalue weighted by molar-refractivity contribution is 6.30. The highest BCUT2D eigenvalue weighted by Gasteiger charge is 2.06. The van der Waals surface area contributed by atoms with Crippen LogP contribution in [0.1, 0.15) is 5.56 Å². The first-order valence-corrected chi connectivity index (χ1v) is 5.86. The van der Waals surface area contributed by atoms with Crippen LogP contribution in [0, 0.1) is 15.9 Å². The molecular formula is C13H10ClFN2O2. The molecule has 2 aromatic carbocycles. The third-order valence-corrected chi connectivity index (χ3v) is 2.79. The molecule has 19 heavy (non-hydrogen) atoms. The molecule has 0 aliphatic carbocycles. The summed E-state index contributed by atoms with van der Waals surface area (Å²) < 4.78 is 13.5. The zero-order valence-corrected chi connectivity index (χ0v) is 10.5. The van der Waals surface area contributed by atoms with E-state index >= 15 is 0 Å². The van der Waals surface area contributed by atoms with Crippen molar-refractivity contribution in [3.8, 4) is 0 Å². The Bertz CT molecular complexity index is 619. The zero-order chi connectivity index (χ0) is 13.8. The standard InChI is InChI=1S/C13H10ClFN2O2/c14-10-5-4-9(13(15)6-10)8-16-11-2-1-3-12(7-11)17(18)19/h1-7,16H,8H2. The summed E-state index contributed by atoms with van der Waals surface area (Å²) in [6, 6.07) is 10.4. The minimum atomic E-state index is -0.478. The molecule has 0 fully saturated rings. The van der Waals surface area contributed by atoms with Crippen LogP contribution in [-0.2, 0) is 6.54 Å². The predicted molar refractivity (Wildman–Crippen MR) is 71.8 cm³/mol. The average Bonchev–Trinajstić information content (AvgIpc) is 2.38. The van der Waals surface area contributed by atoms with Gasteiger partial charge in [-0.15, -0.1) is 0 Å². The van der Waals surface area contributed by atoms with Gasteiger partial charge in [0, 0.05) is 35.0 Å². The Labute approximate surface area is 114 Å². The first-order valence-electron chi connectivity index (χ1n) is 5.48. The van der Waals surface area contributed by atoms with Gasteiger partial charge in [0.15, 0.2) is 0 Å². The first kappa shape index (κ1) is 13.3. The van der Waals surface area contributed by atoms with Crippen molar-refractivity contribution in [2.45, 2.75) is 6.54 Å². The van der Waals surface area contributed by atoms with E-state index in [4.69, 9.17) is 11.6 Å². The maximum atomic E-state index is 13.5. The lowest BCUT2D eigenvalue weighted by Gasteiger charge is -2.07. The Kier molecular flexibility index (Phi) is 3.97. The molecule has 6 heteroatoms. The van der Waals surface area contributed by atoms with E-state index in [1.54, 1.807) is 24.3 Å². The molecule has 0 aliphatic rings. The van der Waals surface area contributed by atoms with E-state index in [9.17, 15) is 14.5 Å². The predicted octanol–water partition coefficient (Wildman–Crippen LogP) is 4.00. The van der Waals surface area contributed by atoms with Crippen molar-refractivity contribution in [3.63, 3.8) is 0 Å². The van der Waals surface area contributed by atoms with Gasteiger partial charge in [0.05, 0.1) is 4.92 Å².